The monoisotopic (exact) mass is 367 g/mol. The third kappa shape index (κ3) is 6.61. The van der Waals surface area contributed by atoms with E-state index < -0.39 is 6.04 Å². The van der Waals surface area contributed by atoms with Crippen LogP contribution in [0.1, 0.15) is 11.6 Å². The molecule has 23 heavy (non-hydrogen) atoms. The Morgan fingerprint density at radius 1 is 1.30 bits per heavy atom. The van der Waals surface area contributed by atoms with Crippen molar-refractivity contribution in [3.05, 3.63) is 35.6 Å². The van der Waals surface area contributed by atoms with Crippen molar-refractivity contribution < 1.29 is 13.9 Å². The number of hydrogen-bond donors (Lipinski definition) is 2. The molecule has 1 aromatic carbocycles. The van der Waals surface area contributed by atoms with Crippen LogP contribution in [0.4, 0.5) is 4.39 Å². The SMILES string of the molecule is CNCCNC(=O)C(c1cccc(F)c1)N1CCOCC1.Cl.Cl. The molecule has 8 heteroatoms. The lowest BCUT2D eigenvalue weighted by atomic mass is 10.0. The van der Waals surface area contributed by atoms with Gasteiger partial charge in [0.2, 0.25) is 5.91 Å². The number of likely N-dealkylation sites (N-methyl/N-ethyl adjacent to an activating group) is 1. The summed E-state index contributed by atoms with van der Waals surface area (Å²) in [5.74, 6) is -0.425. The summed E-state index contributed by atoms with van der Waals surface area (Å²) < 4.78 is 18.8. The first-order chi connectivity index (χ1) is 10.2. The third-order valence-electron chi connectivity index (χ3n) is 3.50. The van der Waals surface area contributed by atoms with Crippen molar-refractivity contribution >= 4 is 30.7 Å². The summed E-state index contributed by atoms with van der Waals surface area (Å²) in [6.45, 7) is 3.77. The van der Waals surface area contributed by atoms with Crippen molar-refractivity contribution in [2.75, 3.05) is 46.4 Å². The first-order valence-corrected chi connectivity index (χ1v) is 7.22. The summed E-state index contributed by atoms with van der Waals surface area (Å²) in [6.07, 6.45) is 0. The molecule has 0 saturated carbocycles. The molecule has 1 aromatic rings. The molecule has 1 heterocycles. The second kappa shape index (κ2) is 11.6. The fraction of sp³-hybridized carbons (Fsp3) is 0.533. The molecular weight excluding hydrogens is 344 g/mol. The molecule has 2 rings (SSSR count). The van der Waals surface area contributed by atoms with Crippen LogP contribution in [0.3, 0.4) is 0 Å². The molecule has 132 valence electrons. The van der Waals surface area contributed by atoms with Crippen molar-refractivity contribution in [2.24, 2.45) is 0 Å². The third-order valence-corrected chi connectivity index (χ3v) is 3.50. The van der Waals surface area contributed by atoms with Gasteiger partial charge in [-0.05, 0) is 24.7 Å². The predicted molar refractivity (Wildman–Crippen MR) is 93.0 cm³/mol. The largest absolute Gasteiger partial charge is 0.379 e. The zero-order chi connectivity index (χ0) is 15.1. The maximum Gasteiger partial charge on any atom is 0.242 e. The van der Waals surface area contributed by atoms with Crippen molar-refractivity contribution in [2.45, 2.75) is 6.04 Å². The fourth-order valence-electron chi connectivity index (χ4n) is 2.45. The summed E-state index contributed by atoms with van der Waals surface area (Å²) in [6, 6.07) is 5.78. The lowest BCUT2D eigenvalue weighted by Crippen LogP contribution is -2.46. The lowest BCUT2D eigenvalue weighted by Gasteiger charge is -2.33. The number of ether oxygens (including phenoxy) is 1. The normalized spacial score (nSPS) is 15.9. The maximum atomic E-state index is 13.5. The van der Waals surface area contributed by atoms with E-state index in [1.807, 2.05) is 11.9 Å². The predicted octanol–water partition coefficient (Wildman–Crippen LogP) is 1.38. The van der Waals surface area contributed by atoms with Gasteiger partial charge in [-0.2, -0.15) is 0 Å². The van der Waals surface area contributed by atoms with E-state index >= 15 is 0 Å². The van der Waals surface area contributed by atoms with Gasteiger partial charge in [-0.3, -0.25) is 9.69 Å². The van der Waals surface area contributed by atoms with Crippen molar-refractivity contribution in [1.82, 2.24) is 15.5 Å². The van der Waals surface area contributed by atoms with Gasteiger partial charge in [0.1, 0.15) is 11.9 Å². The van der Waals surface area contributed by atoms with Gasteiger partial charge in [0.15, 0.2) is 0 Å². The van der Waals surface area contributed by atoms with Crippen LogP contribution in [0.25, 0.3) is 0 Å². The quantitative estimate of drug-likeness (QED) is 0.745. The van der Waals surface area contributed by atoms with Gasteiger partial charge in [0.25, 0.3) is 0 Å². The standard InChI is InChI=1S/C15H22FN3O2.2ClH/c1-17-5-6-18-15(20)14(19-7-9-21-10-8-19)12-3-2-4-13(16)11-12;;/h2-4,11,14,17H,5-10H2,1H3,(H,18,20);2*1H. The average Bonchev–Trinajstić information content (AvgIpc) is 2.49. The van der Waals surface area contributed by atoms with Crippen molar-refractivity contribution in [3.8, 4) is 0 Å². The molecule has 1 saturated heterocycles. The van der Waals surface area contributed by atoms with Crippen LogP contribution in [-0.4, -0.2) is 57.2 Å². The Morgan fingerprint density at radius 3 is 2.61 bits per heavy atom. The van der Waals surface area contributed by atoms with Gasteiger partial charge >= 0.3 is 0 Å². The van der Waals surface area contributed by atoms with E-state index in [9.17, 15) is 9.18 Å². The zero-order valence-electron chi connectivity index (χ0n) is 13.1. The number of morpholine rings is 1. The first-order valence-electron chi connectivity index (χ1n) is 7.22. The highest BCUT2D eigenvalue weighted by Gasteiger charge is 2.29. The molecule has 0 aliphatic carbocycles. The Balaban J connectivity index is 0.00000242. The number of carbonyl (C=O) groups excluding carboxylic acids is 1. The second-order valence-electron chi connectivity index (χ2n) is 5.00. The number of halogens is 3. The minimum atomic E-state index is -0.471. The van der Waals surface area contributed by atoms with Gasteiger partial charge in [0, 0.05) is 26.2 Å². The molecule has 1 aliphatic heterocycles. The van der Waals surface area contributed by atoms with Crippen LogP contribution < -0.4 is 10.6 Å². The van der Waals surface area contributed by atoms with Gasteiger partial charge in [-0.15, -0.1) is 24.8 Å². The van der Waals surface area contributed by atoms with E-state index in [0.29, 0.717) is 45.0 Å². The molecule has 0 bridgehead atoms. The van der Waals surface area contributed by atoms with Gasteiger partial charge in [-0.1, -0.05) is 12.1 Å². The highest BCUT2D eigenvalue weighted by Crippen LogP contribution is 2.22. The van der Waals surface area contributed by atoms with Crippen LogP contribution >= 0.6 is 24.8 Å². The number of nitrogens with one attached hydrogen (secondary N) is 2. The number of benzene rings is 1. The lowest BCUT2D eigenvalue weighted by molar-refractivity contribution is -0.128. The van der Waals surface area contributed by atoms with Crippen LogP contribution in [0.5, 0.6) is 0 Å². The summed E-state index contributed by atoms with van der Waals surface area (Å²) in [4.78, 5) is 14.5. The topological polar surface area (TPSA) is 53.6 Å². The Bertz CT molecular complexity index is 474. The van der Waals surface area contributed by atoms with Crippen molar-refractivity contribution in [1.29, 1.82) is 0 Å². The average molecular weight is 368 g/mol. The smallest absolute Gasteiger partial charge is 0.242 e. The molecule has 1 fully saturated rings. The van der Waals surface area contributed by atoms with E-state index in [-0.39, 0.29) is 36.5 Å². The van der Waals surface area contributed by atoms with Crippen LogP contribution in [0.15, 0.2) is 24.3 Å². The van der Waals surface area contributed by atoms with E-state index in [4.69, 9.17) is 4.74 Å². The highest BCUT2D eigenvalue weighted by atomic mass is 35.5. The Hall–Kier alpha value is -0.920. The number of amides is 1. The zero-order valence-corrected chi connectivity index (χ0v) is 14.7. The number of hydrogen-bond acceptors (Lipinski definition) is 4. The van der Waals surface area contributed by atoms with Gasteiger partial charge in [-0.25, -0.2) is 4.39 Å². The van der Waals surface area contributed by atoms with Gasteiger partial charge < -0.3 is 15.4 Å². The summed E-state index contributed by atoms with van der Waals surface area (Å²) in [7, 11) is 1.83. The number of carbonyl (C=O) groups is 1. The molecule has 1 aliphatic rings. The minimum absolute atomic E-state index is 0. The molecule has 1 atom stereocenters. The Morgan fingerprint density at radius 2 is 2.00 bits per heavy atom. The number of nitrogens with zero attached hydrogens (tertiary/aromatic N) is 1. The van der Waals surface area contributed by atoms with Crippen LogP contribution in [0.2, 0.25) is 0 Å². The highest BCUT2D eigenvalue weighted by molar-refractivity contribution is 5.85. The Labute approximate surface area is 148 Å². The second-order valence-corrected chi connectivity index (χ2v) is 5.00. The van der Waals surface area contributed by atoms with Gasteiger partial charge in [0.05, 0.1) is 13.2 Å². The summed E-state index contributed by atoms with van der Waals surface area (Å²) in [5.41, 5.74) is 0.679. The Kier molecular flexibility index (Phi) is 11.1. The number of rotatable bonds is 6. The molecule has 0 aromatic heterocycles. The molecule has 0 radical (unpaired) electrons. The van der Waals surface area contributed by atoms with E-state index in [1.165, 1.54) is 12.1 Å². The molecular formula is C15H24Cl2FN3O2. The summed E-state index contributed by atoms with van der Waals surface area (Å²) >= 11 is 0. The minimum Gasteiger partial charge on any atom is -0.379 e. The molecule has 1 amide bonds. The molecule has 2 N–H and O–H groups in total. The maximum absolute atomic E-state index is 13.5. The van der Waals surface area contributed by atoms with E-state index in [1.54, 1.807) is 12.1 Å². The molecule has 0 spiro atoms. The summed E-state index contributed by atoms with van der Waals surface area (Å²) in [5, 5.41) is 5.87. The fourth-order valence-corrected chi connectivity index (χ4v) is 2.45. The first kappa shape index (κ1) is 22.1. The van der Waals surface area contributed by atoms with E-state index in [2.05, 4.69) is 10.6 Å². The molecule has 1 unspecified atom stereocenters. The van der Waals surface area contributed by atoms with Crippen molar-refractivity contribution in [3.63, 3.8) is 0 Å². The van der Waals surface area contributed by atoms with Crippen LogP contribution in [0, 0.1) is 5.82 Å². The molecule has 5 nitrogen and oxygen atoms in total. The van der Waals surface area contributed by atoms with Crippen LogP contribution in [-0.2, 0) is 9.53 Å². The van der Waals surface area contributed by atoms with E-state index in [0.717, 1.165) is 0 Å².